The van der Waals surface area contributed by atoms with Crippen molar-refractivity contribution in [2.24, 2.45) is 0 Å². The molecule has 0 aromatic rings. The first-order valence-corrected chi connectivity index (χ1v) is 5.55. The molecule has 0 amide bonds. The summed E-state index contributed by atoms with van der Waals surface area (Å²) in [5.74, 6) is 0. The molecule has 1 saturated heterocycles. The van der Waals surface area contributed by atoms with Gasteiger partial charge in [0.15, 0.2) is 0 Å². The van der Waals surface area contributed by atoms with Gasteiger partial charge in [-0.1, -0.05) is 0 Å². The highest BCUT2D eigenvalue weighted by atomic mass is 16.5. The van der Waals surface area contributed by atoms with Crippen molar-refractivity contribution in [2.75, 3.05) is 13.7 Å². The third-order valence-corrected chi connectivity index (χ3v) is 3.59. The highest BCUT2D eigenvalue weighted by molar-refractivity contribution is 5.01. The van der Waals surface area contributed by atoms with Crippen molar-refractivity contribution in [1.82, 2.24) is 4.90 Å². The molecule has 2 aliphatic rings. The highest BCUT2D eigenvalue weighted by Crippen LogP contribution is 2.31. The van der Waals surface area contributed by atoms with Crippen molar-refractivity contribution in [3.05, 3.63) is 0 Å². The fourth-order valence-corrected chi connectivity index (χ4v) is 2.89. The molecule has 0 radical (unpaired) electrons. The Balaban J connectivity index is 2.03. The molecule has 0 N–H and O–H groups in total. The van der Waals surface area contributed by atoms with Crippen LogP contribution >= 0.6 is 0 Å². The molecule has 0 aromatic carbocycles. The first-order valence-electron chi connectivity index (χ1n) is 5.55. The van der Waals surface area contributed by atoms with E-state index in [2.05, 4.69) is 11.0 Å². The lowest BCUT2D eigenvalue weighted by molar-refractivity contribution is 0.0347. The zero-order chi connectivity index (χ0) is 9.97. The molecule has 1 aliphatic carbocycles. The Morgan fingerprint density at radius 2 is 2.14 bits per heavy atom. The predicted octanol–water partition coefficient (Wildman–Crippen LogP) is 1.54. The van der Waals surface area contributed by atoms with Gasteiger partial charge in [-0.15, -0.1) is 0 Å². The molecule has 1 heterocycles. The van der Waals surface area contributed by atoms with Gasteiger partial charge in [0.2, 0.25) is 0 Å². The molecule has 3 heteroatoms. The lowest BCUT2D eigenvalue weighted by Crippen LogP contribution is -2.43. The minimum Gasteiger partial charge on any atom is -0.380 e. The number of methoxy groups -OCH3 is 1. The molecule has 1 aliphatic heterocycles. The minimum atomic E-state index is 0.149. The average Bonchev–Trinajstić information content (AvgIpc) is 2.85. The lowest BCUT2D eigenvalue weighted by Gasteiger charge is -2.30. The molecule has 3 unspecified atom stereocenters. The van der Waals surface area contributed by atoms with Gasteiger partial charge < -0.3 is 4.74 Å². The topological polar surface area (TPSA) is 36.3 Å². The summed E-state index contributed by atoms with van der Waals surface area (Å²) in [6.45, 7) is 1.09. The molecular weight excluding hydrogens is 176 g/mol. The smallest absolute Gasteiger partial charge is 0.0981 e. The van der Waals surface area contributed by atoms with Gasteiger partial charge in [-0.25, -0.2) is 0 Å². The predicted molar refractivity (Wildman–Crippen MR) is 53.8 cm³/mol. The fraction of sp³-hybridized carbons (Fsp3) is 0.909. The fourth-order valence-electron chi connectivity index (χ4n) is 2.89. The molecule has 0 spiro atoms. The Bertz CT molecular complexity index is 236. The normalized spacial score (nSPS) is 38.7. The first-order chi connectivity index (χ1) is 6.86. The van der Waals surface area contributed by atoms with Crippen LogP contribution < -0.4 is 0 Å². The number of likely N-dealkylation sites (tertiary alicyclic amines) is 1. The zero-order valence-corrected chi connectivity index (χ0v) is 8.78. The van der Waals surface area contributed by atoms with Crippen LogP contribution in [-0.4, -0.2) is 36.7 Å². The van der Waals surface area contributed by atoms with E-state index in [1.807, 2.05) is 0 Å². The Morgan fingerprint density at radius 3 is 2.86 bits per heavy atom. The van der Waals surface area contributed by atoms with Gasteiger partial charge in [-0.3, -0.25) is 4.90 Å². The van der Waals surface area contributed by atoms with Crippen molar-refractivity contribution in [3.8, 4) is 6.07 Å². The van der Waals surface area contributed by atoms with Gasteiger partial charge in [0, 0.05) is 13.2 Å². The van der Waals surface area contributed by atoms with Crippen LogP contribution in [0.3, 0.4) is 0 Å². The summed E-state index contributed by atoms with van der Waals surface area (Å²) in [7, 11) is 1.79. The Labute approximate surface area is 85.6 Å². The Hall–Kier alpha value is -0.590. The zero-order valence-electron chi connectivity index (χ0n) is 8.78. The van der Waals surface area contributed by atoms with Crippen LogP contribution in [0.4, 0.5) is 0 Å². The van der Waals surface area contributed by atoms with Crippen LogP contribution in [0.15, 0.2) is 0 Å². The van der Waals surface area contributed by atoms with E-state index in [-0.39, 0.29) is 6.04 Å². The number of rotatable bonds is 2. The maximum Gasteiger partial charge on any atom is 0.0981 e. The van der Waals surface area contributed by atoms with E-state index in [1.54, 1.807) is 7.11 Å². The SMILES string of the molecule is COC1CCCC1N1CCCC1C#N. The van der Waals surface area contributed by atoms with Gasteiger partial charge >= 0.3 is 0 Å². The highest BCUT2D eigenvalue weighted by Gasteiger charge is 2.37. The van der Waals surface area contributed by atoms with Gasteiger partial charge in [-0.05, 0) is 38.6 Å². The third kappa shape index (κ3) is 1.65. The summed E-state index contributed by atoms with van der Waals surface area (Å²) in [6, 6.07) is 3.06. The molecule has 0 aromatic heterocycles. The van der Waals surface area contributed by atoms with Gasteiger partial charge in [0.05, 0.1) is 18.2 Å². The summed E-state index contributed by atoms with van der Waals surface area (Å²) < 4.78 is 5.48. The number of hydrogen-bond donors (Lipinski definition) is 0. The van der Waals surface area contributed by atoms with Gasteiger partial charge in [0.1, 0.15) is 0 Å². The maximum atomic E-state index is 9.02. The summed E-state index contributed by atoms with van der Waals surface area (Å²) in [6.07, 6.45) is 6.20. The Kier molecular flexibility index (Phi) is 3.05. The first kappa shape index (κ1) is 9.95. The Morgan fingerprint density at radius 1 is 1.29 bits per heavy atom. The van der Waals surface area contributed by atoms with E-state index < -0.39 is 0 Å². The van der Waals surface area contributed by atoms with Crippen molar-refractivity contribution in [3.63, 3.8) is 0 Å². The molecular formula is C11H18N2O. The molecule has 2 fully saturated rings. The summed E-state index contributed by atoms with van der Waals surface area (Å²) in [5, 5.41) is 9.02. The summed E-state index contributed by atoms with van der Waals surface area (Å²) in [4.78, 5) is 2.36. The van der Waals surface area contributed by atoms with E-state index in [1.165, 1.54) is 19.3 Å². The summed E-state index contributed by atoms with van der Waals surface area (Å²) >= 11 is 0. The van der Waals surface area contributed by atoms with Crippen molar-refractivity contribution in [2.45, 2.75) is 50.3 Å². The third-order valence-electron chi connectivity index (χ3n) is 3.59. The molecule has 0 bridgehead atoms. The van der Waals surface area contributed by atoms with Gasteiger partial charge in [-0.2, -0.15) is 5.26 Å². The minimum absolute atomic E-state index is 0.149. The second kappa shape index (κ2) is 4.29. The monoisotopic (exact) mass is 194 g/mol. The number of nitriles is 1. The number of ether oxygens (including phenoxy) is 1. The molecule has 3 atom stereocenters. The second-order valence-electron chi connectivity index (χ2n) is 4.30. The summed E-state index contributed by atoms with van der Waals surface area (Å²) in [5.41, 5.74) is 0. The van der Waals surface area contributed by atoms with Crippen molar-refractivity contribution < 1.29 is 4.74 Å². The van der Waals surface area contributed by atoms with E-state index >= 15 is 0 Å². The van der Waals surface area contributed by atoms with E-state index in [0.29, 0.717) is 12.1 Å². The van der Waals surface area contributed by atoms with Crippen LogP contribution in [0, 0.1) is 11.3 Å². The quantitative estimate of drug-likeness (QED) is 0.669. The van der Waals surface area contributed by atoms with Crippen LogP contribution in [-0.2, 0) is 4.74 Å². The molecule has 2 rings (SSSR count). The number of nitrogens with zero attached hydrogens (tertiary/aromatic N) is 2. The largest absolute Gasteiger partial charge is 0.380 e. The van der Waals surface area contributed by atoms with Crippen molar-refractivity contribution in [1.29, 1.82) is 5.26 Å². The van der Waals surface area contributed by atoms with Crippen LogP contribution in [0.5, 0.6) is 0 Å². The van der Waals surface area contributed by atoms with E-state index in [0.717, 1.165) is 19.4 Å². The van der Waals surface area contributed by atoms with E-state index in [9.17, 15) is 0 Å². The molecule has 3 nitrogen and oxygen atoms in total. The van der Waals surface area contributed by atoms with Gasteiger partial charge in [0.25, 0.3) is 0 Å². The van der Waals surface area contributed by atoms with Crippen LogP contribution in [0.25, 0.3) is 0 Å². The van der Waals surface area contributed by atoms with Crippen LogP contribution in [0.2, 0.25) is 0 Å². The molecule has 78 valence electrons. The average molecular weight is 194 g/mol. The van der Waals surface area contributed by atoms with E-state index in [4.69, 9.17) is 10.00 Å². The second-order valence-corrected chi connectivity index (χ2v) is 4.30. The molecule has 1 saturated carbocycles. The van der Waals surface area contributed by atoms with Crippen LogP contribution in [0.1, 0.15) is 32.1 Å². The maximum absolute atomic E-state index is 9.02. The standard InChI is InChI=1S/C11H18N2O/c1-14-11-6-2-5-10(11)13-7-3-4-9(13)8-12/h9-11H,2-7H2,1H3. The lowest BCUT2D eigenvalue weighted by atomic mass is 10.1. The number of hydrogen-bond acceptors (Lipinski definition) is 3. The van der Waals surface area contributed by atoms with Crippen molar-refractivity contribution >= 4 is 0 Å². The molecule has 14 heavy (non-hydrogen) atoms.